The number of nitrogens with one attached hydrogen (secondary N) is 1. The molecule has 1 aromatic heterocycles. The lowest BCUT2D eigenvalue weighted by atomic mass is 10.1. The van der Waals surface area contributed by atoms with E-state index in [2.05, 4.69) is 4.98 Å². The maximum absolute atomic E-state index is 11.4. The van der Waals surface area contributed by atoms with Crippen molar-refractivity contribution in [3.05, 3.63) is 46.2 Å². The maximum Gasteiger partial charge on any atom is 0.503 e. The second-order valence-corrected chi connectivity index (χ2v) is 3.35. The van der Waals surface area contributed by atoms with Gasteiger partial charge in [-0.2, -0.15) is 0 Å². The standard InChI is InChI=1S/C11H11NO.CH2O3/c1-2-8-7-9-5-3-4-6-10(9)12-11(8)13;2-1(3)4/h3-7H,2H2,1H3,(H,12,13);(H2,2,3,4). The first-order chi connectivity index (χ1) is 8.04. The molecule has 1 aromatic carbocycles. The topological polar surface area (TPSA) is 90.4 Å². The number of aromatic nitrogens is 1. The number of aromatic amines is 1. The third-order valence-corrected chi connectivity index (χ3v) is 2.21. The lowest BCUT2D eigenvalue weighted by Gasteiger charge is -1.99. The van der Waals surface area contributed by atoms with E-state index in [0.717, 1.165) is 22.9 Å². The molecular formula is C12H13NO4. The molecule has 90 valence electrons. The normalized spacial score (nSPS) is 9.47. The largest absolute Gasteiger partial charge is 0.503 e. The minimum atomic E-state index is -1.83. The zero-order valence-electron chi connectivity index (χ0n) is 9.30. The Kier molecular flexibility index (Phi) is 4.28. The Hall–Kier alpha value is -2.30. The second-order valence-electron chi connectivity index (χ2n) is 3.35. The molecule has 0 saturated heterocycles. The molecule has 17 heavy (non-hydrogen) atoms. The Morgan fingerprint density at radius 2 is 1.88 bits per heavy atom. The van der Waals surface area contributed by atoms with Crippen molar-refractivity contribution in [1.29, 1.82) is 0 Å². The number of benzene rings is 1. The molecule has 0 spiro atoms. The van der Waals surface area contributed by atoms with Crippen LogP contribution >= 0.6 is 0 Å². The van der Waals surface area contributed by atoms with Crippen molar-refractivity contribution in [1.82, 2.24) is 4.98 Å². The highest BCUT2D eigenvalue weighted by Gasteiger charge is 1.98. The quantitative estimate of drug-likeness (QED) is 0.707. The molecule has 0 unspecified atom stereocenters. The van der Waals surface area contributed by atoms with Crippen molar-refractivity contribution in [3.63, 3.8) is 0 Å². The van der Waals surface area contributed by atoms with Crippen LogP contribution in [0.15, 0.2) is 35.1 Å². The van der Waals surface area contributed by atoms with Crippen LogP contribution in [0, 0.1) is 0 Å². The highest BCUT2D eigenvalue weighted by atomic mass is 16.6. The number of pyridine rings is 1. The SMILES string of the molecule is CCc1cc2ccccc2[nH]c1=O.O=C(O)O. The Labute approximate surface area is 97.3 Å². The number of aryl methyl sites for hydroxylation is 1. The van der Waals surface area contributed by atoms with Gasteiger partial charge in [-0.15, -0.1) is 0 Å². The number of hydrogen-bond donors (Lipinski definition) is 3. The smallest absolute Gasteiger partial charge is 0.450 e. The summed E-state index contributed by atoms with van der Waals surface area (Å²) in [7, 11) is 0. The first kappa shape index (κ1) is 12.8. The summed E-state index contributed by atoms with van der Waals surface area (Å²) >= 11 is 0. The average Bonchev–Trinajstić information content (AvgIpc) is 2.27. The molecule has 3 N–H and O–H groups in total. The van der Waals surface area contributed by atoms with Gasteiger partial charge in [0.25, 0.3) is 5.56 Å². The van der Waals surface area contributed by atoms with E-state index in [0.29, 0.717) is 0 Å². The summed E-state index contributed by atoms with van der Waals surface area (Å²) < 4.78 is 0. The molecule has 2 aromatic rings. The molecule has 0 fully saturated rings. The number of carboxylic acid groups (broad SMARTS) is 2. The molecule has 0 radical (unpaired) electrons. The summed E-state index contributed by atoms with van der Waals surface area (Å²) in [6.45, 7) is 1.99. The average molecular weight is 235 g/mol. The van der Waals surface area contributed by atoms with Crippen molar-refractivity contribution < 1.29 is 15.0 Å². The lowest BCUT2D eigenvalue weighted by molar-refractivity contribution is 0.137. The Morgan fingerprint density at radius 1 is 1.29 bits per heavy atom. The van der Waals surface area contributed by atoms with Gasteiger partial charge in [0.2, 0.25) is 0 Å². The zero-order valence-corrected chi connectivity index (χ0v) is 9.30. The molecule has 1 heterocycles. The van der Waals surface area contributed by atoms with Crippen LogP contribution in [0.3, 0.4) is 0 Å². The number of H-pyrrole nitrogens is 1. The Bertz CT molecular complexity index is 570. The fourth-order valence-electron chi connectivity index (χ4n) is 1.46. The summed E-state index contributed by atoms with van der Waals surface area (Å²) in [4.78, 5) is 22.8. The van der Waals surface area contributed by atoms with Gasteiger partial charge in [-0.1, -0.05) is 25.1 Å². The van der Waals surface area contributed by atoms with Gasteiger partial charge in [0.05, 0.1) is 0 Å². The number of fused-ring (bicyclic) bond motifs is 1. The van der Waals surface area contributed by atoms with Crippen LogP contribution in [0.4, 0.5) is 4.79 Å². The molecule has 2 rings (SSSR count). The van der Waals surface area contributed by atoms with Crippen LogP contribution in [0.1, 0.15) is 12.5 Å². The van der Waals surface area contributed by atoms with Gasteiger partial charge < -0.3 is 15.2 Å². The number of carbonyl (C=O) groups is 1. The fourth-order valence-corrected chi connectivity index (χ4v) is 1.46. The van der Waals surface area contributed by atoms with E-state index in [-0.39, 0.29) is 5.56 Å². The minimum absolute atomic E-state index is 0.0289. The van der Waals surface area contributed by atoms with Gasteiger partial charge in [0.1, 0.15) is 0 Å². The second kappa shape index (κ2) is 5.69. The lowest BCUT2D eigenvalue weighted by Crippen LogP contribution is -2.10. The summed E-state index contributed by atoms with van der Waals surface area (Å²) in [6, 6.07) is 9.76. The van der Waals surface area contributed by atoms with Crippen molar-refractivity contribution >= 4 is 17.1 Å². The summed E-state index contributed by atoms with van der Waals surface area (Å²) in [6.07, 6.45) is -1.06. The first-order valence-electron chi connectivity index (χ1n) is 5.07. The third kappa shape index (κ3) is 3.64. The van der Waals surface area contributed by atoms with Gasteiger partial charge in [-0.05, 0) is 23.9 Å². The summed E-state index contributed by atoms with van der Waals surface area (Å²) in [5.74, 6) is 0. The highest BCUT2D eigenvalue weighted by molar-refractivity contribution is 5.78. The van der Waals surface area contributed by atoms with Gasteiger partial charge in [-0.3, -0.25) is 4.79 Å². The molecule has 0 atom stereocenters. The minimum Gasteiger partial charge on any atom is -0.450 e. The molecule has 0 aliphatic heterocycles. The van der Waals surface area contributed by atoms with Crippen molar-refractivity contribution in [2.24, 2.45) is 0 Å². The fraction of sp³-hybridized carbons (Fsp3) is 0.167. The van der Waals surface area contributed by atoms with E-state index in [1.165, 1.54) is 0 Å². The monoisotopic (exact) mass is 235 g/mol. The highest BCUT2D eigenvalue weighted by Crippen LogP contribution is 2.09. The third-order valence-electron chi connectivity index (χ3n) is 2.21. The molecule has 0 aliphatic rings. The summed E-state index contributed by atoms with van der Waals surface area (Å²) in [5, 5.41) is 15.0. The predicted molar refractivity (Wildman–Crippen MR) is 64.6 cm³/mol. The van der Waals surface area contributed by atoms with E-state index in [9.17, 15) is 4.79 Å². The molecule has 0 amide bonds. The van der Waals surface area contributed by atoms with Gasteiger partial charge >= 0.3 is 6.16 Å². The molecule has 5 heteroatoms. The van der Waals surface area contributed by atoms with Crippen LogP contribution in [0.2, 0.25) is 0 Å². The maximum atomic E-state index is 11.4. The van der Waals surface area contributed by atoms with Crippen molar-refractivity contribution in [3.8, 4) is 0 Å². The van der Waals surface area contributed by atoms with E-state index in [4.69, 9.17) is 15.0 Å². The van der Waals surface area contributed by atoms with Gasteiger partial charge in [0, 0.05) is 11.1 Å². The van der Waals surface area contributed by atoms with Crippen LogP contribution < -0.4 is 5.56 Å². The Balaban J connectivity index is 0.000000317. The Morgan fingerprint density at radius 3 is 2.47 bits per heavy atom. The van der Waals surface area contributed by atoms with E-state index >= 15 is 0 Å². The van der Waals surface area contributed by atoms with Crippen LogP contribution in [-0.4, -0.2) is 21.4 Å². The van der Waals surface area contributed by atoms with E-state index in [1.807, 2.05) is 37.3 Å². The van der Waals surface area contributed by atoms with Gasteiger partial charge in [0.15, 0.2) is 0 Å². The number of para-hydroxylation sites is 1. The molecule has 0 aliphatic carbocycles. The number of hydrogen-bond acceptors (Lipinski definition) is 2. The molecule has 5 nitrogen and oxygen atoms in total. The molecular weight excluding hydrogens is 222 g/mol. The first-order valence-corrected chi connectivity index (χ1v) is 5.07. The molecule has 0 bridgehead atoms. The van der Waals surface area contributed by atoms with Gasteiger partial charge in [-0.25, -0.2) is 4.79 Å². The van der Waals surface area contributed by atoms with E-state index in [1.54, 1.807) is 0 Å². The van der Waals surface area contributed by atoms with Crippen LogP contribution in [0.25, 0.3) is 10.9 Å². The zero-order chi connectivity index (χ0) is 12.8. The van der Waals surface area contributed by atoms with Crippen LogP contribution in [-0.2, 0) is 6.42 Å². The summed E-state index contributed by atoms with van der Waals surface area (Å²) in [5.41, 5.74) is 1.78. The van der Waals surface area contributed by atoms with E-state index < -0.39 is 6.16 Å². The van der Waals surface area contributed by atoms with Crippen LogP contribution in [0.5, 0.6) is 0 Å². The van der Waals surface area contributed by atoms with Crippen molar-refractivity contribution in [2.45, 2.75) is 13.3 Å². The molecule has 0 saturated carbocycles. The number of rotatable bonds is 1. The predicted octanol–water partition coefficient (Wildman–Crippen LogP) is 2.31. The van der Waals surface area contributed by atoms with Crippen molar-refractivity contribution in [2.75, 3.05) is 0 Å².